The van der Waals surface area contributed by atoms with Gasteiger partial charge in [0.25, 0.3) is 0 Å². The van der Waals surface area contributed by atoms with Crippen LogP contribution in [0.25, 0.3) is 22.6 Å². The fourth-order valence-electron chi connectivity index (χ4n) is 3.11. The zero-order chi connectivity index (χ0) is 20.2. The summed E-state index contributed by atoms with van der Waals surface area (Å²) < 4.78 is 5.96. The van der Waals surface area contributed by atoms with Crippen LogP contribution in [-0.2, 0) is 11.2 Å². The van der Waals surface area contributed by atoms with E-state index in [2.05, 4.69) is 20.3 Å². The third-order valence-electron chi connectivity index (χ3n) is 4.35. The van der Waals surface area contributed by atoms with Crippen molar-refractivity contribution in [1.29, 1.82) is 0 Å². The molecule has 6 nitrogen and oxygen atoms in total. The van der Waals surface area contributed by atoms with Crippen molar-refractivity contribution in [3.8, 4) is 17.1 Å². The molecule has 4 rings (SSSR count). The molecular weight excluding hydrogens is 364 g/mol. The number of nitrogens with zero attached hydrogens (tertiary/aromatic N) is 2. The van der Waals surface area contributed by atoms with Crippen molar-refractivity contribution >= 4 is 22.8 Å². The van der Waals surface area contributed by atoms with Crippen LogP contribution in [0.4, 0.5) is 5.69 Å². The standard InChI is InChI=1S/C23H22N4O2/c1-15(2)29-20-11-10-17(25-21(28)13-16-7-4-3-5-8-16)14-18(20)22-26-19-9-6-12-24-23(19)27-22/h3-12,14-15H,13H2,1-2H3,(H,25,28)(H,24,26,27). The molecule has 6 heteroatoms. The molecule has 2 N–H and O–H groups in total. The summed E-state index contributed by atoms with van der Waals surface area (Å²) in [5, 5.41) is 2.96. The van der Waals surface area contributed by atoms with Crippen LogP contribution in [-0.4, -0.2) is 27.0 Å². The quantitative estimate of drug-likeness (QED) is 0.508. The average Bonchev–Trinajstić information content (AvgIpc) is 3.13. The molecule has 0 bridgehead atoms. The number of hydrogen-bond donors (Lipinski definition) is 2. The number of imidazole rings is 1. The molecule has 4 aromatic rings. The first-order valence-corrected chi connectivity index (χ1v) is 9.54. The molecule has 0 unspecified atom stereocenters. The number of pyridine rings is 1. The maximum atomic E-state index is 12.5. The number of benzene rings is 2. The second-order valence-electron chi connectivity index (χ2n) is 7.05. The molecule has 146 valence electrons. The summed E-state index contributed by atoms with van der Waals surface area (Å²) in [4.78, 5) is 24.6. The number of nitrogens with one attached hydrogen (secondary N) is 2. The van der Waals surface area contributed by atoms with Gasteiger partial charge in [-0.2, -0.15) is 0 Å². The highest BCUT2D eigenvalue weighted by molar-refractivity contribution is 5.93. The number of aromatic amines is 1. The van der Waals surface area contributed by atoms with Gasteiger partial charge < -0.3 is 15.0 Å². The topological polar surface area (TPSA) is 79.9 Å². The minimum atomic E-state index is -0.0778. The third kappa shape index (κ3) is 4.43. The summed E-state index contributed by atoms with van der Waals surface area (Å²) in [5.74, 6) is 1.26. The van der Waals surface area contributed by atoms with Crippen molar-refractivity contribution in [2.24, 2.45) is 0 Å². The maximum Gasteiger partial charge on any atom is 0.228 e. The van der Waals surface area contributed by atoms with E-state index in [1.165, 1.54) is 0 Å². The molecule has 2 aromatic carbocycles. The zero-order valence-corrected chi connectivity index (χ0v) is 16.3. The van der Waals surface area contributed by atoms with Crippen LogP contribution in [0.2, 0.25) is 0 Å². The SMILES string of the molecule is CC(C)Oc1ccc(NC(=O)Cc2ccccc2)cc1-c1nc2ncccc2[nH]1. The summed E-state index contributed by atoms with van der Waals surface area (Å²) in [6, 6.07) is 19.0. The van der Waals surface area contributed by atoms with E-state index in [0.717, 1.165) is 16.6 Å². The predicted octanol–water partition coefficient (Wildman–Crippen LogP) is 4.59. The van der Waals surface area contributed by atoms with Gasteiger partial charge >= 0.3 is 0 Å². The fraction of sp³-hybridized carbons (Fsp3) is 0.174. The number of amides is 1. The van der Waals surface area contributed by atoms with E-state index in [0.29, 0.717) is 29.3 Å². The van der Waals surface area contributed by atoms with Crippen LogP contribution in [0.15, 0.2) is 66.9 Å². The van der Waals surface area contributed by atoms with Crippen molar-refractivity contribution in [1.82, 2.24) is 15.0 Å². The van der Waals surface area contributed by atoms with Crippen molar-refractivity contribution in [3.63, 3.8) is 0 Å². The minimum absolute atomic E-state index is 0.00905. The van der Waals surface area contributed by atoms with E-state index in [1.807, 2.05) is 74.5 Å². The Bertz CT molecular complexity index is 1100. The summed E-state index contributed by atoms with van der Waals surface area (Å²) in [6.45, 7) is 3.94. The summed E-state index contributed by atoms with van der Waals surface area (Å²) in [6.07, 6.45) is 2.03. The number of carbonyl (C=O) groups is 1. The van der Waals surface area contributed by atoms with Gasteiger partial charge in [0.05, 0.1) is 23.6 Å². The van der Waals surface area contributed by atoms with Gasteiger partial charge in [0.2, 0.25) is 5.91 Å². The molecule has 0 saturated heterocycles. The molecule has 0 aliphatic heterocycles. The zero-order valence-electron chi connectivity index (χ0n) is 16.3. The van der Waals surface area contributed by atoms with Gasteiger partial charge in [0.15, 0.2) is 5.65 Å². The Labute approximate surface area is 169 Å². The highest BCUT2D eigenvalue weighted by Gasteiger charge is 2.15. The molecule has 0 spiro atoms. The summed E-state index contributed by atoms with van der Waals surface area (Å²) >= 11 is 0. The van der Waals surface area contributed by atoms with Gasteiger partial charge in [-0.05, 0) is 49.7 Å². The Hall–Kier alpha value is -3.67. The van der Waals surface area contributed by atoms with E-state index < -0.39 is 0 Å². The normalized spacial score (nSPS) is 11.0. The first-order chi connectivity index (χ1) is 14.1. The molecule has 2 aromatic heterocycles. The Morgan fingerprint density at radius 3 is 2.69 bits per heavy atom. The van der Waals surface area contributed by atoms with E-state index in [9.17, 15) is 4.79 Å². The Morgan fingerprint density at radius 1 is 1.10 bits per heavy atom. The number of anilines is 1. The molecule has 2 heterocycles. The number of hydrogen-bond acceptors (Lipinski definition) is 4. The average molecular weight is 386 g/mol. The Kier molecular flexibility index (Phi) is 5.24. The molecule has 29 heavy (non-hydrogen) atoms. The molecule has 0 aliphatic rings. The molecule has 0 radical (unpaired) electrons. The Balaban J connectivity index is 1.64. The minimum Gasteiger partial charge on any atom is -0.490 e. The first kappa shape index (κ1) is 18.7. The van der Waals surface area contributed by atoms with Crippen molar-refractivity contribution in [3.05, 3.63) is 72.4 Å². The molecule has 0 aliphatic carbocycles. The van der Waals surface area contributed by atoms with Gasteiger partial charge in [0, 0.05) is 11.9 Å². The number of H-pyrrole nitrogens is 1. The number of aromatic nitrogens is 3. The van der Waals surface area contributed by atoms with Gasteiger partial charge in [-0.3, -0.25) is 4.79 Å². The highest BCUT2D eigenvalue weighted by atomic mass is 16.5. The van der Waals surface area contributed by atoms with Crippen molar-refractivity contribution in [2.45, 2.75) is 26.4 Å². The van der Waals surface area contributed by atoms with Crippen LogP contribution in [0.5, 0.6) is 5.75 Å². The molecule has 1 amide bonds. The van der Waals surface area contributed by atoms with Crippen LogP contribution in [0.3, 0.4) is 0 Å². The van der Waals surface area contributed by atoms with Crippen molar-refractivity contribution in [2.75, 3.05) is 5.32 Å². The molecule has 0 atom stereocenters. The maximum absolute atomic E-state index is 12.5. The van der Waals surface area contributed by atoms with Gasteiger partial charge in [-0.25, -0.2) is 9.97 Å². The smallest absolute Gasteiger partial charge is 0.228 e. The second-order valence-corrected chi connectivity index (χ2v) is 7.05. The van der Waals surface area contributed by atoms with Gasteiger partial charge in [-0.1, -0.05) is 30.3 Å². The van der Waals surface area contributed by atoms with E-state index in [-0.39, 0.29) is 12.0 Å². The number of rotatable bonds is 6. The number of fused-ring (bicyclic) bond motifs is 1. The lowest BCUT2D eigenvalue weighted by molar-refractivity contribution is -0.115. The second kappa shape index (κ2) is 8.14. The van der Waals surface area contributed by atoms with Crippen LogP contribution < -0.4 is 10.1 Å². The third-order valence-corrected chi connectivity index (χ3v) is 4.35. The lowest BCUT2D eigenvalue weighted by Gasteiger charge is -2.15. The molecule has 0 fully saturated rings. The van der Waals surface area contributed by atoms with Gasteiger partial charge in [0.1, 0.15) is 11.6 Å². The molecule has 0 saturated carbocycles. The van der Waals surface area contributed by atoms with Gasteiger partial charge in [-0.15, -0.1) is 0 Å². The number of ether oxygens (including phenoxy) is 1. The summed E-state index contributed by atoms with van der Waals surface area (Å²) in [7, 11) is 0. The van der Waals surface area contributed by atoms with Crippen LogP contribution in [0, 0.1) is 0 Å². The van der Waals surface area contributed by atoms with Crippen molar-refractivity contribution < 1.29 is 9.53 Å². The first-order valence-electron chi connectivity index (χ1n) is 9.54. The predicted molar refractivity (Wildman–Crippen MR) is 114 cm³/mol. The summed E-state index contributed by atoms with van der Waals surface area (Å²) in [5.41, 5.74) is 3.90. The van der Waals surface area contributed by atoms with E-state index >= 15 is 0 Å². The number of carbonyl (C=O) groups excluding carboxylic acids is 1. The fourth-order valence-corrected chi connectivity index (χ4v) is 3.11. The molecular formula is C23H22N4O2. The lowest BCUT2D eigenvalue weighted by Crippen LogP contribution is -2.14. The largest absolute Gasteiger partial charge is 0.490 e. The van der Waals surface area contributed by atoms with Crippen LogP contribution >= 0.6 is 0 Å². The van der Waals surface area contributed by atoms with E-state index in [4.69, 9.17) is 4.74 Å². The Morgan fingerprint density at radius 2 is 1.93 bits per heavy atom. The lowest BCUT2D eigenvalue weighted by atomic mass is 10.1. The monoisotopic (exact) mass is 386 g/mol. The van der Waals surface area contributed by atoms with Crippen LogP contribution in [0.1, 0.15) is 19.4 Å². The highest BCUT2D eigenvalue weighted by Crippen LogP contribution is 2.32. The van der Waals surface area contributed by atoms with E-state index in [1.54, 1.807) is 6.20 Å².